The fourth-order valence-electron chi connectivity index (χ4n) is 2.10. The first-order chi connectivity index (χ1) is 11.5. The Morgan fingerprint density at radius 3 is 2.62 bits per heavy atom. The smallest absolute Gasteiger partial charge is 0.344 e. The van der Waals surface area contributed by atoms with Gasteiger partial charge in [-0.25, -0.2) is 9.78 Å². The molecule has 1 atom stereocenters. The number of fused-ring (bicyclic) bond motifs is 1. The van der Waals surface area contributed by atoms with Crippen LogP contribution in [0.25, 0.3) is 10.9 Å². The fourth-order valence-corrected chi connectivity index (χ4v) is 3.27. The fraction of sp³-hybridized carbons (Fsp3) is 0.111. The Morgan fingerprint density at radius 1 is 1.17 bits per heavy atom. The zero-order chi connectivity index (χ0) is 17.1. The molecule has 24 heavy (non-hydrogen) atoms. The standard InChI is InChI=1S/C18H14BrNO3S/c1-11(18(21)22)23-14-4-6-15(7-5-14)24-17-9-2-12-10-13(19)3-8-16(12)20-17/h2-11H,1H3,(H,21,22). The molecule has 0 aliphatic rings. The molecular weight excluding hydrogens is 390 g/mol. The minimum atomic E-state index is -0.986. The van der Waals surface area contributed by atoms with E-state index in [1.165, 1.54) is 6.92 Å². The summed E-state index contributed by atoms with van der Waals surface area (Å²) < 4.78 is 6.35. The number of ether oxygens (including phenoxy) is 1. The van der Waals surface area contributed by atoms with Crippen LogP contribution in [-0.2, 0) is 4.79 Å². The molecule has 0 fully saturated rings. The van der Waals surface area contributed by atoms with Crippen LogP contribution < -0.4 is 4.74 Å². The Hall–Kier alpha value is -2.05. The summed E-state index contributed by atoms with van der Waals surface area (Å²) >= 11 is 5.00. The molecule has 122 valence electrons. The molecule has 0 aliphatic heterocycles. The molecule has 1 aromatic heterocycles. The SMILES string of the molecule is CC(Oc1ccc(Sc2ccc3cc(Br)ccc3n2)cc1)C(=O)O. The number of rotatable bonds is 5. The van der Waals surface area contributed by atoms with E-state index in [1.54, 1.807) is 23.9 Å². The van der Waals surface area contributed by atoms with Crippen LogP contribution in [-0.4, -0.2) is 22.2 Å². The zero-order valence-electron chi connectivity index (χ0n) is 12.8. The maximum absolute atomic E-state index is 10.8. The molecule has 0 amide bonds. The Bertz CT molecular complexity index is 883. The molecule has 0 saturated carbocycles. The molecule has 0 radical (unpaired) electrons. The Labute approximate surface area is 152 Å². The van der Waals surface area contributed by atoms with Gasteiger partial charge in [-0.1, -0.05) is 33.8 Å². The van der Waals surface area contributed by atoms with Crippen molar-refractivity contribution in [3.63, 3.8) is 0 Å². The molecule has 0 aliphatic carbocycles. The highest BCUT2D eigenvalue weighted by atomic mass is 79.9. The molecule has 3 rings (SSSR count). The monoisotopic (exact) mass is 403 g/mol. The van der Waals surface area contributed by atoms with Gasteiger partial charge in [-0.2, -0.15) is 0 Å². The van der Waals surface area contributed by atoms with Gasteiger partial charge in [0.25, 0.3) is 0 Å². The number of carboxylic acids is 1. The third kappa shape index (κ3) is 4.07. The third-order valence-electron chi connectivity index (χ3n) is 3.33. The summed E-state index contributed by atoms with van der Waals surface area (Å²) in [4.78, 5) is 16.4. The molecule has 3 aromatic rings. The van der Waals surface area contributed by atoms with E-state index in [4.69, 9.17) is 9.84 Å². The maximum Gasteiger partial charge on any atom is 0.344 e. The number of benzene rings is 2. The highest BCUT2D eigenvalue weighted by molar-refractivity contribution is 9.10. The summed E-state index contributed by atoms with van der Waals surface area (Å²) in [5.41, 5.74) is 0.943. The van der Waals surface area contributed by atoms with Gasteiger partial charge in [0.05, 0.1) is 5.52 Å². The molecule has 2 aromatic carbocycles. The molecule has 1 unspecified atom stereocenters. The van der Waals surface area contributed by atoms with E-state index in [9.17, 15) is 4.79 Å². The van der Waals surface area contributed by atoms with E-state index in [1.807, 2.05) is 42.5 Å². The van der Waals surface area contributed by atoms with Gasteiger partial charge in [-0.3, -0.25) is 0 Å². The second kappa shape index (κ2) is 7.23. The molecule has 1 heterocycles. The number of aromatic nitrogens is 1. The van der Waals surface area contributed by atoms with Crippen LogP contribution >= 0.6 is 27.7 Å². The van der Waals surface area contributed by atoms with E-state index in [-0.39, 0.29) is 0 Å². The number of halogens is 1. The van der Waals surface area contributed by atoms with Crippen LogP contribution in [0.1, 0.15) is 6.92 Å². The summed E-state index contributed by atoms with van der Waals surface area (Å²) in [7, 11) is 0. The lowest BCUT2D eigenvalue weighted by Crippen LogP contribution is -2.22. The summed E-state index contributed by atoms with van der Waals surface area (Å²) in [5, 5.41) is 10.8. The predicted octanol–water partition coefficient (Wildman–Crippen LogP) is 5.00. The lowest BCUT2D eigenvalue weighted by molar-refractivity contribution is -0.144. The first kappa shape index (κ1) is 16.8. The number of carboxylic acid groups (broad SMARTS) is 1. The number of nitrogens with zero attached hydrogens (tertiary/aromatic N) is 1. The van der Waals surface area contributed by atoms with E-state index in [2.05, 4.69) is 20.9 Å². The lowest BCUT2D eigenvalue weighted by atomic mass is 10.2. The van der Waals surface area contributed by atoms with Gasteiger partial charge in [-0.15, -0.1) is 0 Å². The van der Waals surface area contributed by atoms with Gasteiger partial charge in [-0.05, 0) is 55.5 Å². The second-order valence-corrected chi connectivity index (χ2v) is 7.17. The summed E-state index contributed by atoms with van der Waals surface area (Å²) in [6, 6.07) is 17.3. The van der Waals surface area contributed by atoms with Gasteiger partial charge in [0.2, 0.25) is 0 Å². The van der Waals surface area contributed by atoms with Crippen LogP contribution in [0.15, 0.2) is 69.0 Å². The van der Waals surface area contributed by atoms with Crippen LogP contribution in [0.2, 0.25) is 0 Å². The number of carbonyl (C=O) groups is 1. The van der Waals surface area contributed by atoms with Gasteiger partial charge in [0.15, 0.2) is 6.10 Å². The van der Waals surface area contributed by atoms with Crippen molar-refractivity contribution >= 4 is 44.6 Å². The molecular formula is C18H14BrNO3S. The second-order valence-electron chi connectivity index (χ2n) is 5.16. The first-order valence-corrected chi connectivity index (χ1v) is 8.86. The minimum Gasteiger partial charge on any atom is -0.479 e. The summed E-state index contributed by atoms with van der Waals surface area (Å²) in [6.45, 7) is 1.50. The molecule has 1 N–H and O–H groups in total. The Balaban J connectivity index is 1.74. The van der Waals surface area contributed by atoms with Crippen LogP contribution in [0, 0.1) is 0 Å². The van der Waals surface area contributed by atoms with Crippen molar-refractivity contribution in [2.45, 2.75) is 22.9 Å². The first-order valence-electron chi connectivity index (χ1n) is 7.25. The third-order valence-corrected chi connectivity index (χ3v) is 4.77. The van der Waals surface area contributed by atoms with E-state index in [0.29, 0.717) is 5.75 Å². The lowest BCUT2D eigenvalue weighted by Gasteiger charge is -2.10. The maximum atomic E-state index is 10.8. The molecule has 6 heteroatoms. The number of hydrogen-bond donors (Lipinski definition) is 1. The normalized spacial score (nSPS) is 12.1. The molecule has 4 nitrogen and oxygen atoms in total. The van der Waals surface area contributed by atoms with E-state index in [0.717, 1.165) is 25.3 Å². The Morgan fingerprint density at radius 2 is 1.92 bits per heavy atom. The summed E-state index contributed by atoms with van der Waals surface area (Å²) in [5.74, 6) is -0.453. The Kier molecular flexibility index (Phi) is 5.06. The van der Waals surface area contributed by atoms with Crippen LogP contribution in [0.3, 0.4) is 0 Å². The zero-order valence-corrected chi connectivity index (χ0v) is 15.2. The molecule has 0 saturated heterocycles. The van der Waals surface area contributed by atoms with Crippen molar-refractivity contribution in [3.05, 3.63) is 59.1 Å². The summed E-state index contributed by atoms with van der Waals surface area (Å²) in [6.07, 6.45) is -0.870. The predicted molar refractivity (Wildman–Crippen MR) is 97.7 cm³/mol. The van der Waals surface area contributed by atoms with Gasteiger partial charge in [0, 0.05) is 14.8 Å². The number of pyridine rings is 1. The number of hydrogen-bond acceptors (Lipinski definition) is 4. The number of aliphatic carboxylic acids is 1. The van der Waals surface area contributed by atoms with Crippen molar-refractivity contribution in [1.82, 2.24) is 4.98 Å². The topological polar surface area (TPSA) is 59.4 Å². The van der Waals surface area contributed by atoms with Crippen molar-refractivity contribution in [2.24, 2.45) is 0 Å². The van der Waals surface area contributed by atoms with Crippen molar-refractivity contribution in [1.29, 1.82) is 0 Å². The van der Waals surface area contributed by atoms with Gasteiger partial charge >= 0.3 is 5.97 Å². The van der Waals surface area contributed by atoms with E-state index < -0.39 is 12.1 Å². The molecule has 0 bridgehead atoms. The van der Waals surface area contributed by atoms with Crippen molar-refractivity contribution in [2.75, 3.05) is 0 Å². The quantitative estimate of drug-likeness (QED) is 0.649. The van der Waals surface area contributed by atoms with Crippen molar-refractivity contribution < 1.29 is 14.6 Å². The highest BCUT2D eigenvalue weighted by Gasteiger charge is 2.12. The van der Waals surface area contributed by atoms with Gasteiger partial charge < -0.3 is 9.84 Å². The average Bonchev–Trinajstić information content (AvgIpc) is 2.56. The van der Waals surface area contributed by atoms with Crippen molar-refractivity contribution in [3.8, 4) is 5.75 Å². The minimum absolute atomic E-state index is 0.533. The highest BCUT2D eigenvalue weighted by Crippen LogP contribution is 2.29. The van der Waals surface area contributed by atoms with Gasteiger partial charge in [0.1, 0.15) is 10.8 Å². The molecule has 0 spiro atoms. The van der Waals surface area contributed by atoms with E-state index >= 15 is 0 Å². The van der Waals surface area contributed by atoms with Crippen LogP contribution in [0.5, 0.6) is 5.75 Å². The van der Waals surface area contributed by atoms with Crippen LogP contribution in [0.4, 0.5) is 0 Å². The average molecular weight is 404 g/mol. The largest absolute Gasteiger partial charge is 0.479 e.